The number of alkyl halides is 1. The van der Waals surface area contributed by atoms with E-state index in [-0.39, 0.29) is 31.0 Å². The van der Waals surface area contributed by atoms with Crippen LogP contribution in [0.25, 0.3) is 5.69 Å². The molecule has 1 aliphatic heterocycles. The standard InChI is InChI=1S/C26H28ClFN4O4S/c27-20-7-4-8-22(15-20)32-26(33)25(36-23-10-9-21(28)16-23)24(17-29-32)30-11-13-31(14-12-30)37(34,35)18-19-5-2-1-3-6-19/h1-8,15,17,21,23H,9-14,16,18H2. The first-order chi connectivity index (χ1) is 17.8. The zero-order chi connectivity index (χ0) is 26.0. The summed E-state index contributed by atoms with van der Waals surface area (Å²) in [5.74, 6) is 0.0283. The molecule has 2 atom stereocenters. The van der Waals surface area contributed by atoms with Gasteiger partial charge in [-0.3, -0.25) is 4.79 Å². The molecule has 2 aromatic carbocycles. The largest absolute Gasteiger partial charge is 0.483 e. The zero-order valence-corrected chi connectivity index (χ0v) is 21.7. The van der Waals surface area contributed by atoms with Crippen LogP contribution in [0.1, 0.15) is 24.8 Å². The zero-order valence-electron chi connectivity index (χ0n) is 20.2. The lowest BCUT2D eigenvalue weighted by molar-refractivity contribution is 0.193. The van der Waals surface area contributed by atoms with E-state index in [0.717, 1.165) is 5.56 Å². The lowest BCUT2D eigenvalue weighted by Crippen LogP contribution is -2.49. The molecule has 2 heterocycles. The predicted octanol–water partition coefficient (Wildman–Crippen LogP) is 3.81. The van der Waals surface area contributed by atoms with Crippen molar-refractivity contribution in [3.63, 3.8) is 0 Å². The molecule has 0 amide bonds. The van der Waals surface area contributed by atoms with E-state index < -0.39 is 27.9 Å². The highest BCUT2D eigenvalue weighted by Crippen LogP contribution is 2.31. The minimum Gasteiger partial charge on any atom is -0.483 e. The minimum absolute atomic E-state index is 0.0640. The first-order valence-corrected chi connectivity index (χ1v) is 14.2. The Morgan fingerprint density at radius 1 is 1.03 bits per heavy atom. The molecule has 1 saturated carbocycles. The lowest BCUT2D eigenvalue weighted by atomic mass is 10.2. The molecule has 11 heteroatoms. The summed E-state index contributed by atoms with van der Waals surface area (Å²) in [7, 11) is -3.49. The van der Waals surface area contributed by atoms with Crippen LogP contribution in [0.15, 0.2) is 65.6 Å². The molecular weight excluding hydrogens is 519 g/mol. The van der Waals surface area contributed by atoms with E-state index in [1.165, 1.54) is 8.99 Å². The highest BCUT2D eigenvalue weighted by molar-refractivity contribution is 7.88. The molecule has 2 fully saturated rings. The van der Waals surface area contributed by atoms with Gasteiger partial charge in [0.25, 0.3) is 0 Å². The summed E-state index contributed by atoms with van der Waals surface area (Å²) >= 11 is 6.12. The molecule has 1 saturated heterocycles. The Morgan fingerprint density at radius 3 is 2.46 bits per heavy atom. The molecule has 2 unspecified atom stereocenters. The second kappa shape index (κ2) is 10.8. The third-order valence-corrected chi connectivity index (χ3v) is 8.82. The molecule has 1 aliphatic carbocycles. The van der Waals surface area contributed by atoms with Crippen LogP contribution in [0.2, 0.25) is 5.02 Å². The van der Waals surface area contributed by atoms with Gasteiger partial charge >= 0.3 is 5.56 Å². The molecule has 0 bridgehead atoms. The first-order valence-electron chi connectivity index (χ1n) is 12.3. The van der Waals surface area contributed by atoms with Gasteiger partial charge in [-0.2, -0.15) is 14.1 Å². The average molecular weight is 547 g/mol. The first kappa shape index (κ1) is 25.7. The maximum absolute atomic E-state index is 13.9. The van der Waals surface area contributed by atoms with Crippen molar-refractivity contribution in [2.24, 2.45) is 0 Å². The van der Waals surface area contributed by atoms with Crippen molar-refractivity contribution in [2.75, 3.05) is 31.1 Å². The summed E-state index contributed by atoms with van der Waals surface area (Å²) in [6.45, 7) is 1.26. The number of halogens is 2. The van der Waals surface area contributed by atoms with Crippen LogP contribution in [0.5, 0.6) is 5.75 Å². The van der Waals surface area contributed by atoms with E-state index in [4.69, 9.17) is 16.3 Å². The lowest BCUT2D eigenvalue weighted by Gasteiger charge is -2.36. The van der Waals surface area contributed by atoms with E-state index >= 15 is 0 Å². The van der Waals surface area contributed by atoms with Crippen molar-refractivity contribution in [3.05, 3.63) is 81.7 Å². The molecule has 3 aromatic rings. The van der Waals surface area contributed by atoms with E-state index in [9.17, 15) is 17.6 Å². The number of hydrogen-bond donors (Lipinski definition) is 0. The Hall–Kier alpha value is -2.95. The fraction of sp³-hybridized carbons (Fsp3) is 0.385. The number of anilines is 1. The van der Waals surface area contributed by atoms with Gasteiger partial charge in [0, 0.05) is 37.6 Å². The topological polar surface area (TPSA) is 84.7 Å². The molecule has 0 N–H and O–H groups in total. The number of benzene rings is 2. The van der Waals surface area contributed by atoms with Crippen LogP contribution < -0.4 is 15.2 Å². The molecule has 0 radical (unpaired) electrons. The van der Waals surface area contributed by atoms with E-state index in [1.807, 2.05) is 23.1 Å². The fourth-order valence-electron chi connectivity index (χ4n) is 4.80. The van der Waals surface area contributed by atoms with Crippen molar-refractivity contribution in [3.8, 4) is 11.4 Å². The Bertz CT molecular complexity index is 1410. The van der Waals surface area contributed by atoms with Crippen LogP contribution >= 0.6 is 11.6 Å². The third-order valence-electron chi connectivity index (χ3n) is 6.74. The Balaban J connectivity index is 1.39. The molecule has 196 valence electrons. The van der Waals surface area contributed by atoms with E-state index in [0.29, 0.717) is 42.3 Å². The molecule has 2 aliphatic rings. The highest BCUT2D eigenvalue weighted by atomic mass is 35.5. The van der Waals surface area contributed by atoms with Crippen molar-refractivity contribution in [2.45, 2.75) is 37.3 Å². The average Bonchev–Trinajstić information content (AvgIpc) is 3.30. The summed E-state index contributed by atoms with van der Waals surface area (Å²) < 4.78 is 48.6. The third kappa shape index (κ3) is 5.81. The van der Waals surface area contributed by atoms with Crippen LogP contribution in [0.3, 0.4) is 0 Å². The van der Waals surface area contributed by atoms with Crippen molar-refractivity contribution in [1.82, 2.24) is 14.1 Å². The quantitative estimate of drug-likeness (QED) is 0.448. The molecule has 0 spiro atoms. The second-order valence-corrected chi connectivity index (χ2v) is 11.7. The Morgan fingerprint density at radius 2 is 1.78 bits per heavy atom. The van der Waals surface area contributed by atoms with Crippen molar-refractivity contribution < 1.29 is 17.5 Å². The smallest absolute Gasteiger partial charge is 0.316 e. The number of rotatable bonds is 7. The summed E-state index contributed by atoms with van der Waals surface area (Å²) in [5, 5.41) is 4.82. The van der Waals surface area contributed by atoms with Crippen LogP contribution in [-0.2, 0) is 15.8 Å². The second-order valence-electron chi connectivity index (χ2n) is 9.33. The van der Waals surface area contributed by atoms with Gasteiger partial charge in [0.05, 0.1) is 17.6 Å². The Labute approximate surface area is 220 Å². The summed E-state index contributed by atoms with van der Waals surface area (Å²) in [6.07, 6.45) is 1.32. The van der Waals surface area contributed by atoms with Crippen LogP contribution in [0, 0.1) is 0 Å². The maximum Gasteiger partial charge on any atom is 0.316 e. The summed E-state index contributed by atoms with van der Waals surface area (Å²) in [5.41, 5.74) is 1.23. The summed E-state index contributed by atoms with van der Waals surface area (Å²) in [4.78, 5) is 15.5. The molecule has 1 aromatic heterocycles. The van der Waals surface area contributed by atoms with Gasteiger partial charge in [-0.25, -0.2) is 12.8 Å². The van der Waals surface area contributed by atoms with Crippen molar-refractivity contribution in [1.29, 1.82) is 0 Å². The normalized spacial score (nSPS) is 20.8. The molecule has 8 nitrogen and oxygen atoms in total. The van der Waals surface area contributed by atoms with E-state index in [2.05, 4.69) is 5.10 Å². The fourth-order valence-corrected chi connectivity index (χ4v) is 6.50. The van der Waals surface area contributed by atoms with Gasteiger partial charge < -0.3 is 9.64 Å². The SMILES string of the molecule is O=c1c(OC2CCC(F)C2)c(N2CCN(S(=O)(=O)Cc3ccccc3)CC2)cnn1-c1cccc(Cl)c1. The van der Waals surface area contributed by atoms with Crippen LogP contribution in [-0.4, -0.2) is 61.0 Å². The monoisotopic (exact) mass is 546 g/mol. The van der Waals surface area contributed by atoms with Gasteiger partial charge in [-0.05, 0) is 36.6 Å². The highest BCUT2D eigenvalue weighted by Gasteiger charge is 2.32. The number of hydrogen-bond acceptors (Lipinski definition) is 6. The molecular formula is C26H28ClFN4O4S. The number of aromatic nitrogens is 2. The van der Waals surface area contributed by atoms with E-state index in [1.54, 1.807) is 42.6 Å². The summed E-state index contributed by atoms with van der Waals surface area (Å²) in [6, 6.07) is 15.8. The number of ether oxygens (including phenoxy) is 1. The number of nitrogens with zero attached hydrogens (tertiary/aromatic N) is 4. The Kier molecular flexibility index (Phi) is 7.50. The van der Waals surface area contributed by atoms with Gasteiger partial charge in [-0.1, -0.05) is 48.0 Å². The van der Waals surface area contributed by atoms with Gasteiger partial charge in [0.1, 0.15) is 18.0 Å². The molecule has 5 rings (SSSR count). The van der Waals surface area contributed by atoms with Gasteiger partial charge in [0.15, 0.2) is 0 Å². The maximum atomic E-state index is 13.9. The van der Waals surface area contributed by atoms with Crippen molar-refractivity contribution >= 4 is 27.3 Å². The number of piperazine rings is 1. The van der Waals surface area contributed by atoms with Gasteiger partial charge in [-0.15, -0.1) is 0 Å². The minimum atomic E-state index is -3.49. The predicted molar refractivity (Wildman–Crippen MR) is 141 cm³/mol. The van der Waals surface area contributed by atoms with Crippen LogP contribution in [0.4, 0.5) is 10.1 Å². The van der Waals surface area contributed by atoms with Gasteiger partial charge in [0.2, 0.25) is 15.8 Å². The molecule has 37 heavy (non-hydrogen) atoms. The number of sulfonamides is 1.